The molecule has 25 heavy (non-hydrogen) atoms. The number of methoxy groups -OCH3 is 1. The summed E-state index contributed by atoms with van der Waals surface area (Å²) < 4.78 is 5.24. The maximum Gasteiger partial charge on any atom is 0.256 e. The van der Waals surface area contributed by atoms with Gasteiger partial charge < -0.3 is 20.1 Å². The third-order valence-corrected chi connectivity index (χ3v) is 4.71. The Morgan fingerprint density at radius 3 is 2.80 bits per heavy atom. The van der Waals surface area contributed by atoms with Crippen molar-refractivity contribution in [3.63, 3.8) is 0 Å². The van der Waals surface area contributed by atoms with Gasteiger partial charge in [-0.25, -0.2) is 0 Å². The monoisotopic (exact) mass is 340 g/mol. The van der Waals surface area contributed by atoms with Crippen LogP contribution in [0.5, 0.6) is 5.75 Å². The Labute approximate surface area is 148 Å². The molecule has 2 N–H and O–H groups in total. The van der Waals surface area contributed by atoms with Gasteiger partial charge >= 0.3 is 0 Å². The summed E-state index contributed by atoms with van der Waals surface area (Å²) in [7, 11) is 1.62. The van der Waals surface area contributed by atoms with Crippen molar-refractivity contribution in [1.82, 2.24) is 4.90 Å². The molecule has 0 aliphatic carbocycles. The van der Waals surface area contributed by atoms with E-state index in [0.717, 1.165) is 23.5 Å². The molecule has 2 aromatic rings. The van der Waals surface area contributed by atoms with Crippen molar-refractivity contribution < 1.29 is 14.6 Å². The van der Waals surface area contributed by atoms with Gasteiger partial charge in [0, 0.05) is 24.8 Å². The van der Waals surface area contributed by atoms with Crippen LogP contribution in [0.2, 0.25) is 0 Å². The van der Waals surface area contributed by atoms with Crippen LogP contribution in [-0.2, 0) is 0 Å². The summed E-state index contributed by atoms with van der Waals surface area (Å²) >= 11 is 0. The van der Waals surface area contributed by atoms with E-state index in [0.29, 0.717) is 18.7 Å². The summed E-state index contributed by atoms with van der Waals surface area (Å²) in [6.45, 7) is 3.07. The Kier molecular flexibility index (Phi) is 5.24. The number of hydrogen-bond donors (Lipinski definition) is 2. The summed E-state index contributed by atoms with van der Waals surface area (Å²) in [6.07, 6.45) is 0.356. The second-order valence-corrected chi connectivity index (χ2v) is 6.49. The number of rotatable bonds is 4. The first-order valence-electron chi connectivity index (χ1n) is 8.56. The number of β-amino-alcohol motifs (C(OH)–C–C–N with tert-alkyl or cyclic N) is 1. The lowest BCUT2D eigenvalue weighted by Crippen LogP contribution is -2.45. The molecule has 132 valence electrons. The minimum atomic E-state index is -0.462. The number of hydrogen-bond acceptors (Lipinski definition) is 4. The van der Waals surface area contributed by atoms with E-state index in [1.54, 1.807) is 12.0 Å². The Morgan fingerprint density at radius 2 is 2.04 bits per heavy atom. The molecule has 1 fully saturated rings. The van der Waals surface area contributed by atoms with Gasteiger partial charge in [-0.1, -0.05) is 25.1 Å². The maximum atomic E-state index is 12.9. The van der Waals surface area contributed by atoms with E-state index < -0.39 is 6.10 Å². The summed E-state index contributed by atoms with van der Waals surface area (Å²) in [5, 5.41) is 13.4. The molecule has 1 saturated heterocycles. The molecule has 0 saturated carbocycles. The molecule has 0 spiro atoms. The van der Waals surface area contributed by atoms with E-state index in [4.69, 9.17) is 4.74 Å². The number of nitrogens with one attached hydrogen (secondary N) is 1. The number of aliphatic hydroxyl groups is 1. The predicted octanol–water partition coefficient (Wildman–Crippen LogP) is 3.28. The zero-order chi connectivity index (χ0) is 17.8. The fourth-order valence-corrected chi connectivity index (χ4v) is 3.04. The summed E-state index contributed by atoms with van der Waals surface area (Å²) in [5.41, 5.74) is 2.20. The Bertz CT molecular complexity index is 747. The highest BCUT2D eigenvalue weighted by atomic mass is 16.5. The highest BCUT2D eigenvalue weighted by Crippen LogP contribution is 2.26. The molecule has 1 aliphatic rings. The lowest BCUT2D eigenvalue weighted by atomic mass is 9.95. The van der Waals surface area contributed by atoms with Crippen LogP contribution < -0.4 is 10.1 Å². The first kappa shape index (κ1) is 17.3. The standard InChI is InChI=1S/C20H24N2O3/c1-14-10-11-22(13-19(14)23)20(24)17-8-3-4-9-18(17)21-15-6-5-7-16(12-15)25-2/h3-9,12,14,19,21,23H,10-11,13H2,1-2H3. The zero-order valence-corrected chi connectivity index (χ0v) is 14.6. The van der Waals surface area contributed by atoms with E-state index in [1.165, 1.54) is 0 Å². The van der Waals surface area contributed by atoms with E-state index in [2.05, 4.69) is 5.32 Å². The lowest BCUT2D eigenvalue weighted by molar-refractivity contribution is 0.0249. The molecular formula is C20H24N2O3. The van der Waals surface area contributed by atoms with Gasteiger partial charge in [0.25, 0.3) is 5.91 Å². The topological polar surface area (TPSA) is 61.8 Å². The average Bonchev–Trinajstić information content (AvgIpc) is 2.64. The third kappa shape index (κ3) is 3.94. The normalized spacial score (nSPS) is 20.2. The van der Waals surface area contributed by atoms with Crippen molar-refractivity contribution >= 4 is 17.3 Å². The highest BCUT2D eigenvalue weighted by molar-refractivity contribution is 6.00. The molecule has 1 heterocycles. The van der Waals surface area contributed by atoms with Gasteiger partial charge in [0.05, 0.1) is 24.5 Å². The minimum Gasteiger partial charge on any atom is -0.497 e. The number of carbonyl (C=O) groups is 1. The molecule has 1 amide bonds. The number of piperidine rings is 1. The second kappa shape index (κ2) is 7.57. The maximum absolute atomic E-state index is 12.9. The van der Waals surface area contributed by atoms with Crippen molar-refractivity contribution in [2.45, 2.75) is 19.4 Å². The number of ether oxygens (including phenoxy) is 1. The number of nitrogens with zero attached hydrogens (tertiary/aromatic N) is 1. The number of para-hydroxylation sites is 1. The number of amides is 1. The number of likely N-dealkylation sites (tertiary alicyclic amines) is 1. The molecular weight excluding hydrogens is 316 g/mol. The molecule has 2 unspecified atom stereocenters. The second-order valence-electron chi connectivity index (χ2n) is 6.49. The third-order valence-electron chi connectivity index (χ3n) is 4.71. The van der Waals surface area contributed by atoms with Gasteiger partial charge in [0.2, 0.25) is 0 Å². The van der Waals surface area contributed by atoms with E-state index in [9.17, 15) is 9.90 Å². The van der Waals surface area contributed by atoms with Crippen LogP contribution in [0.3, 0.4) is 0 Å². The number of benzene rings is 2. The molecule has 2 aromatic carbocycles. The van der Waals surface area contributed by atoms with Crippen LogP contribution in [0.4, 0.5) is 11.4 Å². The largest absolute Gasteiger partial charge is 0.497 e. The highest BCUT2D eigenvalue weighted by Gasteiger charge is 2.28. The fourth-order valence-electron chi connectivity index (χ4n) is 3.04. The Hall–Kier alpha value is -2.53. The van der Waals surface area contributed by atoms with Crippen molar-refractivity contribution in [1.29, 1.82) is 0 Å². The minimum absolute atomic E-state index is 0.0584. The molecule has 1 aliphatic heterocycles. The van der Waals surface area contributed by atoms with Gasteiger partial charge in [0.15, 0.2) is 0 Å². The summed E-state index contributed by atoms with van der Waals surface area (Å²) in [6, 6.07) is 15.0. The SMILES string of the molecule is COc1cccc(Nc2ccccc2C(=O)N2CCC(C)C(O)C2)c1. The van der Waals surface area contributed by atoms with Gasteiger partial charge in [-0.05, 0) is 36.6 Å². The Morgan fingerprint density at radius 1 is 1.24 bits per heavy atom. The zero-order valence-electron chi connectivity index (χ0n) is 14.6. The van der Waals surface area contributed by atoms with Gasteiger partial charge in [-0.3, -0.25) is 4.79 Å². The van der Waals surface area contributed by atoms with Crippen LogP contribution in [-0.4, -0.2) is 42.2 Å². The summed E-state index contributed by atoms with van der Waals surface area (Å²) in [5.74, 6) is 0.924. The molecule has 0 aromatic heterocycles. The van der Waals surface area contributed by atoms with E-state index >= 15 is 0 Å². The van der Waals surface area contributed by atoms with Crippen molar-refractivity contribution in [3.8, 4) is 5.75 Å². The van der Waals surface area contributed by atoms with Gasteiger partial charge in [-0.2, -0.15) is 0 Å². The van der Waals surface area contributed by atoms with Crippen LogP contribution in [0, 0.1) is 5.92 Å². The van der Waals surface area contributed by atoms with E-state index in [1.807, 2.05) is 55.5 Å². The average molecular weight is 340 g/mol. The van der Waals surface area contributed by atoms with Crippen molar-refractivity contribution in [2.75, 3.05) is 25.5 Å². The van der Waals surface area contributed by atoms with E-state index in [-0.39, 0.29) is 11.8 Å². The molecule has 5 nitrogen and oxygen atoms in total. The predicted molar refractivity (Wildman–Crippen MR) is 98.4 cm³/mol. The van der Waals surface area contributed by atoms with Gasteiger partial charge in [-0.15, -0.1) is 0 Å². The van der Waals surface area contributed by atoms with Crippen LogP contribution in [0.1, 0.15) is 23.7 Å². The van der Waals surface area contributed by atoms with Crippen LogP contribution >= 0.6 is 0 Å². The molecule has 0 bridgehead atoms. The molecule has 0 radical (unpaired) electrons. The first-order chi connectivity index (χ1) is 12.1. The van der Waals surface area contributed by atoms with Crippen LogP contribution in [0.25, 0.3) is 0 Å². The van der Waals surface area contributed by atoms with Gasteiger partial charge in [0.1, 0.15) is 5.75 Å². The van der Waals surface area contributed by atoms with Crippen LogP contribution in [0.15, 0.2) is 48.5 Å². The quantitative estimate of drug-likeness (QED) is 0.897. The fraction of sp³-hybridized carbons (Fsp3) is 0.350. The summed E-state index contributed by atoms with van der Waals surface area (Å²) in [4.78, 5) is 14.7. The molecule has 2 atom stereocenters. The smallest absolute Gasteiger partial charge is 0.256 e. The Balaban J connectivity index is 1.82. The number of aliphatic hydroxyl groups excluding tert-OH is 1. The lowest BCUT2D eigenvalue weighted by Gasteiger charge is -2.34. The number of anilines is 2. The van der Waals surface area contributed by atoms with Crippen molar-refractivity contribution in [2.24, 2.45) is 5.92 Å². The molecule has 5 heteroatoms. The first-order valence-corrected chi connectivity index (χ1v) is 8.56. The van der Waals surface area contributed by atoms with Crippen molar-refractivity contribution in [3.05, 3.63) is 54.1 Å². The number of carbonyl (C=O) groups excluding carboxylic acids is 1. The molecule has 3 rings (SSSR count).